The molecule has 0 unspecified atom stereocenters. The average molecular weight is 260 g/mol. The molecule has 1 fully saturated rings. The van der Waals surface area contributed by atoms with E-state index in [1.165, 1.54) is 24.0 Å². The number of hydrogen-bond donors (Lipinski definition) is 1. The molecule has 0 aliphatic heterocycles. The molecule has 5 nitrogen and oxygen atoms in total. The van der Waals surface area contributed by atoms with Gasteiger partial charge in [-0.1, -0.05) is 0 Å². The van der Waals surface area contributed by atoms with Crippen molar-refractivity contribution in [3.05, 3.63) is 12.3 Å². The predicted molar refractivity (Wildman–Crippen MR) is 61.0 cm³/mol. The number of hydrogen-bond acceptors (Lipinski definition) is 5. The molecule has 88 valence electrons. The van der Waals surface area contributed by atoms with Crippen molar-refractivity contribution in [2.24, 2.45) is 5.14 Å². The fraction of sp³-hybridized carbons (Fsp3) is 0.444. The van der Waals surface area contributed by atoms with Crippen LogP contribution in [0.1, 0.15) is 12.8 Å². The van der Waals surface area contributed by atoms with Crippen molar-refractivity contribution < 1.29 is 13.2 Å². The van der Waals surface area contributed by atoms with E-state index in [1.807, 2.05) is 6.26 Å². The van der Waals surface area contributed by atoms with E-state index in [0.29, 0.717) is 5.03 Å². The summed E-state index contributed by atoms with van der Waals surface area (Å²) in [6.07, 6.45) is 5.26. The molecule has 1 aromatic heterocycles. The largest absolute Gasteiger partial charge is 0.487 e. The van der Waals surface area contributed by atoms with Crippen molar-refractivity contribution in [2.45, 2.75) is 28.9 Å². The third kappa shape index (κ3) is 2.66. The number of nitrogens with zero attached hydrogens (tertiary/aromatic N) is 1. The second-order valence-corrected chi connectivity index (χ2v) is 5.89. The summed E-state index contributed by atoms with van der Waals surface area (Å²) in [5.74, 6) is 0.253. The van der Waals surface area contributed by atoms with Crippen LogP contribution in [-0.2, 0) is 10.0 Å². The molecule has 2 N–H and O–H groups in total. The highest BCUT2D eigenvalue weighted by Gasteiger charge is 2.27. The van der Waals surface area contributed by atoms with Crippen LogP contribution in [0.15, 0.2) is 22.2 Å². The first-order valence-electron chi connectivity index (χ1n) is 4.74. The highest BCUT2D eigenvalue weighted by Crippen LogP contribution is 2.31. The molecule has 0 bridgehead atoms. The Morgan fingerprint density at radius 1 is 1.56 bits per heavy atom. The van der Waals surface area contributed by atoms with Gasteiger partial charge in [-0.05, 0) is 25.2 Å². The first-order valence-corrected chi connectivity index (χ1v) is 7.51. The van der Waals surface area contributed by atoms with Crippen molar-refractivity contribution in [3.63, 3.8) is 0 Å². The maximum absolute atomic E-state index is 11.4. The van der Waals surface area contributed by atoms with Crippen LogP contribution in [0, 0.1) is 0 Å². The van der Waals surface area contributed by atoms with Crippen molar-refractivity contribution in [3.8, 4) is 5.75 Å². The van der Waals surface area contributed by atoms with Crippen LogP contribution in [0.4, 0.5) is 0 Å². The molecule has 0 amide bonds. The van der Waals surface area contributed by atoms with Gasteiger partial charge in [0.1, 0.15) is 4.90 Å². The number of thioether (sulfide) groups is 1. The number of primary sulfonamides is 1. The van der Waals surface area contributed by atoms with Gasteiger partial charge in [-0.25, -0.2) is 18.5 Å². The number of sulfonamides is 1. The summed E-state index contributed by atoms with van der Waals surface area (Å²) in [6, 6.07) is 1.44. The van der Waals surface area contributed by atoms with Gasteiger partial charge in [-0.15, -0.1) is 11.8 Å². The van der Waals surface area contributed by atoms with E-state index in [2.05, 4.69) is 4.98 Å². The summed E-state index contributed by atoms with van der Waals surface area (Å²) in [7, 11) is -3.76. The summed E-state index contributed by atoms with van der Waals surface area (Å²) < 4.78 is 28.2. The maximum Gasteiger partial charge on any atom is 0.241 e. The van der Waals surface area contributed by atoms with Crippen molar-refractivity contribution in [2.75, 3.05) is 6.26 Å². The third-order valence-corrected chi connectivity index (χ3v) is 3.71. The third-order valence-electron chi connectivity index (χ3n) is 2.14. The van der Waals surface area contributed by atoms with Gasteiger partial charge in [0.15, 0.2) is 5.75 Å². The molecule has 0 spiro atoms. The lowest BCUT2D eigenvalue weighted by atomic mass is 10.4. The van der Waals surface area contributed by atoms with Crippen LogP contribution < -0.4 is 9.88 Å². The van der Waals surface area contributed by atoms with E-state index < -0.39 is 10.0 Å². The Kier molecular flexibility index (Phi) is 3.09. The highest BCUT2D eigenvalue weighted by molar-refractivity contribution is 7.98. The monoisotopic (exact) mass is 260 g/mol. The minimum Gasteiger partial charge on any atom is -0.487 e. The Hall–Kier alpha value is -0.790. The van der Waals surface area contributed by atoms with E-state index in [1.54, 1.807) is 0 Å². The van der Waals surface area contributed by atoms with Gasteiger partial charge in [0.05, 0.1) is 17.3 Å². The Balaban J connectivity index is 2.42. The lowest BCUT2D eigenvalue weighted by Crippen LogP contribution is -2.15. The standard InChI is InChI=1S/C9H12N2O3S2/c1-15-9-4-8(16(10,12)13)7(5-11-9)14-6-2-3-6/h4-6H,2-3H2,1H3,(H2,10,12,13). The van der Waals surface area contributed by atoms with Crippen molar-refractivity contribution in [1.29, 1.82) is 0 Å². The Labute approximate surface area is 98.4 Å². The van der Waals surface area contributed by atoms with Gasteiger partial charge in [0.25, 0.3) is 0 Å². The van der Waals surface area contributed by atoms with Gasteiger partial charge in [-0.3, -0.25) is 0 Å². The zero-order valence-electron chi connectivity index (χ0n) is 8.71. The summed E-state index contributed by atoms with van der Waals surface area (Å²) in [5.41, 5.74) is 0. The first-order chi connectivity index (χ1) is 7.50. The quantitative estimate of drug-likeness (QED) is 0.816. The lowest BCUT2D eigenvalue weighted by Gasteiger charge is -2.09. The van der Waals surface area contributed by atoms with Crippen LogP contribution in [0.5, 0.6) is 5.75 Å². The second kappa shape index (κ2) is 4.23. The zero-order valence-corrected chi connectivity index (χ0v) is 10.3. The molecule has 1 aliphatic carbocycles. The van der Waals surface area contributed by atoms with Crippen LogP contribution in [0.3, 0.4) is 0 Å². The van der Waals surface area contributed by atoms with Gasteiger partial charge >= 0.3 is 0 Å². The lowest BCUT2D eigenvalue weighted by molar-refractivity contribution is 0.293. The van der Waals surface area contributed by atoms with E-state index in [0.717, 1.165) is 12.8 Å². The Bertz CT molecular complexity index is 497. The number of aromatic nitrogens is 1. The molecule has 1 aliphatic rings. The van der Waals surface area contributed by atoms with Gasteiger partial charge in [0, 0.05) is 0 Å². The summed E-state index contributed by atoms with van der Waals surface area (Å²) in [4.78, 5) is 4.08. The van der Waals surface area contributed by atoms with Crippen LogP contribution in [0.2, 0.25) is 0 Å². The Morgan fingerprint density at radius 2 is 2.25 bits per heavy atom. The van der Waals surface area contributed by atoms with Gasteiger partial charge < -0.3 is 4.74 Å². The van der Waals surface area contributed by atoms with Crippen LogP contribution in [0.25, 0.3) is 0 Å². The molecule has 1 aromatic rings. The van der Waals surface area contributed by atoms with E-state index >= 15 is 0 Å². The molecule has 2 rings (SSSR count). The van der Waals surface area contributed by atoms with Gasteiger partial charge in [-0.2, -0.15) is 0 Å². The highest BCUT2D eigenvalue weighted by atomic mass is 32.2. The minimum absolute atomic E-state index is 0.0127. The molecular weight excluding hydrogens is 248 g/mol. The molecule has 16 heavy (non-hydrogen) atoms. The van der Waals surface area contributed by atoms with Crippen LogP contribution >= 0.6 is 11.8 Å². The topological polar surface area (TPSA) is 82.3 Å². The van der Waals surface area contributed by atoms with Gasteiger partial charge in [0.2, 0.25) is 10.0 Å². The molecule has 0 saturated heterocycles. The van der Waals surface area contributed by atoms with E-state index in [4.69, 9.17) is 9.88 Å². The summed E-state index contributed by atoms with van der Waals surface area (Å²) in [6.45, 7) is 0. The Morgan fingerprint density at radius 3 is 2.75 bits per heavy atom. The number of rotatable bonds is 4. The van der Waals surface area contributed by atoms with E-state index in [9.17, 15) is 8.42 Å². The molecule has 0 aromatic carbocycles. The molecule has 1 heterocycles. The number of pyridine rings is 1. The second-order valence-electron chi connectivity index (χ2n) is 3.54. The smallest absolute Gasteiger partial charge is 0.241 e. The van der Waals surface area contributed by atoms with Crippen molar-refractivity contribution >= 4 is 21.8 Å². The molecular formula is C9H12N2O3S2. The predicted octanol–water partition coefficient (Wildman–Crippen LogP) is 0.992. The maximum atomic E-state index is 11.4. The summed E-state index contributed by atoms with van der Waals surface area (Å²) in [5, 5.41) is 5.74. The van der Waals surface area contributed by atoms with Crippen molar-refractivity contribution in [1.82, 2.24) is 4.98 Å². The number of ether oxygens (including phenoxy) is 1. The molecule has 7 heteroatoms. The fourth-order valence-electron chi connectivity index (χ4n) is 1.19. The first kappa shape index (κ1) is 11.7. The summed E-state index contributed by atoms with van der Waals surface area (Å²) >= 11 is 1.36. The molecule has 0 radical (unpaired) electrons. The SMILES string of the molecule is CSc1cc(S(N)(=O)=O)c(OC2CC2)cn1. The zero-order chi connectivity index (χ0) is 11.8. The normalized spacial score (nSPS) is 16.1. The fourth-order valence-corrected chi connectivity index (χ4v) is 2.32. The van der Waals surface area contributed by atoms with E-state index in [-0.39, 0.29) is 16.7 Å². The van der Waals surface area contributed by atoms with Crippen LogP contribution in [-0.4, -0.2) is 25.8 Å². The average Bonchev–Trinajstić information content (AvgIpc) is 3.01. The molecule has 1 saturated carbocycles. The minimum atomic E-state index is -3.76. The molecule has 0 atom stereocenters. The number of nitrogens with two attached hydrogens (primary N) is 1.